The zero-order valence-corrected chi connectivity index (χ0v) is 10.7. The Hall–Kier alpha value is -1.58. The number of likely N-dealkylation sites (tertiary alicyclic amines) is 1. The van der Waals surface area contributed by atoms with Crippen LogP contribution in [0.2, 0.25) is 0 Å². The standard InChI is InChI=1S/C14H19FN2O/c1-10-3-2-7-17(8-6-10)14(18)12-5-4-11(16)9-13(12)15/h4-5,9-10H,2-3,6-8,16H2,1H3. The number of halogens is 1. The second kappa shape index (κ2) is 5.38. The Morgan fingerprint density at radius 3 is 2.89 bits per heavy atom. The first kappa shape index (κ1) is 12.9. The SMILES string of the molecule is CC1CCCN(C(=O)c2ccc(N)cc2F)CC1. The summed E-state index contributed by atoms with van der Waals surface area (Å²) in [6.45, 7) is 3.62. The number of hydrogen-bond acceptors (Lipinski definition) is 2. The molecule has 2 rings (SSSR count). The van der Waals surface area contributed by atoms with Crippen molar-refractivity contribution < 1.29 is 9.18 Å². The van der Waals surface area contributed by atoms with Gasteiger partial charge < -0.3 is 10.6 Å². The molecule has 18 heavy (non-hydrogen) atoms. The summed E-state index contributed by atoms with van der Waals surface area (Å²) in [6.07, 6.45) is 3.11. The van der Waals surface area contributed by atoms with Gasteiger partial charge in [-0.05, 0) is 43.4 Å². The lowest BCUT2D eigenvalue weighted by molar-refractivity contribution is 0.0755. The van der Waals surface area contributed by atoms with E-state index in [1.807, 2.05) is 0 Å². The summed E-state index contributed by atoms with van der Waals surface area (Å²) < 4.78 is 13.7. The highest BCUT2D eigenvalue weighted by Crippen LogP contribution is 2.20. The number of nitrogen functional groups attached to an aromatic ring is 1. The molecule has 3 nitrogen and oxygen atoms in total. The molecule has 1 aromatic carbocycles. The van der Waals surface area contributed by atoms with E-state index in [-0.39, 0.29) is 11.5 Å². The molecule has 1 aliphatic heterocycles. The van der Waals surface area contributed by atoms with E-state index >= 15 is 0 Å². The van der Waals surface area contributed by atoms with Crippen LogP contribution in [0, 0.1) is 11.7 Å². The molecule has 1 aliphatic rings. The van der Waals surface area contributed by atoms with Gasteiger partial charge >= 0.3 is 0 Å². The van der Waals surface area contributed by atoms with Crippen LogP contribution in [0.5, 0.6) is 0 Å². The summed E-state index contributed by atoms with van der Waals surface area (Å²) in [5, 5.41) is 0. The van der Waals surface area contributed by atoms with Crippen LogP contribution >= 0.6 is 0 Å². The van der Waals surface area contributed by atoms with Gasteiger partial charge in [-0.3, -0.25) is 4.79 Å². The molecule has 1 heterocycles. The van der Waals surface area contributed by atoms with Crippen LogP contribution in [0.15, 0.2) is 18.2 Å². The van der Waals surface area contributed by atoms with Crippen LogP contribution in [0.1, 0.15) is 36.5 Å². The quantitative estimate of drug-likeness (QED) is 0.779. The van der Waals surface area contributed by atoms with E-state index < -0.39 is 5.82 Å². The number of carbonyl (C=O) groups excluding carboxylic acids is 1. The molecule has 0 aromatic heterocycles. The van der Waals surface area contributed by atoms with Gasteiger partial charge in [0.2, 0.25) is 0 Å². The van der Waals surface area contributed by atoms with Gasteiger partial charge in [0.15, 0.2) is 0 Å². The fraction of sp³-hybridized carbons (Fsp3) is 0.500. The molecule has 1 amide bonds. The van der Waals surface area contributed by atoms with Crippen LogP contribution in [0.3, 0.4) is 0 Å². The lowest BCUT2D eigenvalue weighted by Gasteiger charge is -2.20. The minimum atomic E-state index is -0.530. The van der Waals surface area contributed by atoms with Crippen molar-refractivity contribution >= 4 is 11.6 Å². The van der Waals surface area contributed by atoms with E-state index in [9.17, 15) is 9.18 Å². The maximum atomic E-state index is 13.7. The molecular weight excluding hydrogens is 231 g/mol. The molecule has 4 heteroatoms. The number of nitrogens with two attached hydrogens (primary N) is 1. The van der Waals surface area contributed by atoms with E-state index in [4.69, 9.17) is 5.73 Å². The lowest BCUT2D eigenvalue weighted by atomic mass is 10.0. The van der Waals surface area contributed by atoms with Crippen molar-refractivity contribution in [2.75, 3.05) is 18.8 Å². The average molecular weight is 250 g/mol. The number of nitrogens with zero attached hydrogens (tertiary/aromatic N) is 1. The van der Waals surface area contributed by atoms with Crippen molar-refractivity contribution in [3.8, 4) is 0 Å². The third-order valence-corrected chi connectivity index (χ3v) is 3.53. The van der Waals surface area contributed by atoms with Crippen LogP contribution in [-0.4, -0.2) is 23.9 Å². The molecule has 0 spiro atoms. The molecule has 1 unspecified atom stereocenters. The van der Waals surface area contributed by atoms with Crippen LogP contribution < -0.4 is 5.73 Å². The largest absolute Gasteiger partial charge is 0.399 e. The number of rotatable bonds is 1. The highest BCUT2D eigenvalue weighted by Gasteiger charge is 2.21. The Bertz CT molecular complexity index is 447. The number of hydrogen-bond donors (Lipinski definition) is 1. The van der Waals surface area contributed by atoms with E-state index in [1.165, 1.54) is 12.1 Å². The number of anilines is 1. The molecule has 0 radical (unpaired) electrons. The van der Waals surface area contributed by atoms with Gasteiger partial charge in [0.1, 0.15) is 5.82 Å². The average Bonchev–Trinajstić information content (AvgIpc) is 2.53. The Labute approximate surface area is 107 Å². The van der Waals surface area contributed by atoms with E-state index in [0.717, 1.165) is 19.3 Å². The third kappa shape index (κ3) is 2.81. The van der Waals surface area contributed by atoms with Gasteiger partial charge in [-0.15, -0.1) is 0 Å². The normalized spacial score (nSPS) is 20.6. The first-order valence-electron chi connectivity index (χ1n) is 6.42. The summed E-state index contributed by atoms with van der Waals surface area (Å²) in [7, 11) is 0. The molecule has 1 aromatic rings. The number of benzene rings is 1. The maximum absolute atomic E-state index is 13.7. The van der Waals surface area contributed by atoms with E-state index in [2.05, 4.69) is 6.92 Å². The van der Waals surface area contributed by atoms with Crippen molar-refractivity contribution in [3.63, 3.8) is 0 Å². The zero-order valence-electron chi connectivity index (χ0n) is 10.7. The van der Waals surface area contributed by atoms with E-state index in [0.29, 0.717) is 24.7 Å². The fourth-order valence-electron chi connectivity index (χ4n) is 2.34. The summed E-state index contributed by atoms with van der Waals surface area (Å²) in [4.78, 5) is 14.0. The first-order valence-corrected chi connectivity index (χ1v) is 6.42. The molecule has 2 N–H and O–H groups in total. The highest BCUT2D eigenvalue weighted by atomic mass is 19.1. The Morgan fingerprint density at radius 1 is 1.39 bits per heavy atom. The molecule has 98 valence electrons. The molecule has 1 fully saturated rings. The van der Waals surface area contributed by atoms with Gasteiger partial charge in [0, 0.05) is 18.8 Å². The van der Waals surface area contributed by atoms with Crippen molar-refractivity contribution in [1.82, 2.24) is 4.90 Å². The predicted molar refractivity (Wildman–Crippen MR) is 69.7 cm³/mol. The summed E-state index contributed by atoms with van der Waals surface area (Å²) in [5.74, 6) is -0.113. The Kier molecular flexibility index (Phi) is 3.84. The Balaban J connectivity index is 2.15. The molecule has 0 aliphatic carbocycles. The van der Waals surface area contributed by atoms with Gasteiger partial charge in [-0.2, -0.15) is 0 Å². The van der Waals surface area contributed by atoms with Gasteiger partial charge in [0.25, 0.3) is 5.91 Å². The van der Waals surface area contributed by atoms with Gasteiger partial charge in [-0.1, -0.05) is 6.92 Å². The Morgan fingerprint density at radius 2 is 2.17 bits per heavy atom. The second-order valence-electron chi connectivity index (χ2n) is 5.07. The summed E-state index contributed by atoms with van der Waals surface area (Å²) in [6, 6.07) is 4.24. The fourth-order valence-corrected chi connectivity index (χ4v) is 2.34. The minimum absolute atomic E-state index is 0.124. The minimum Gasteiger partial charge on any atom is -0.399 e. The number of carbonyl (C=O) groups is 1. The molecule has 1 atom stereocenters. The van der Waals surface area contributed by atoms with Crippen molar-refractivity contribution in [3.05, 3.63) is 29.6 Å². The highest BCUT2D eigenvalue weighted by molar-refractivity contribution is 5.94. The van der Waals surface area contributed by atoms with E-state index in [1.54, 1.807) is 11.0 Å². The van der Waals surface area contributed by atoms with Crippen LogP contribution in [0.4, 0.5) is 10.1 Å². The molecule has 0 saturated carbocycles. The second-order valence-corrected chi connectivity index (χ2v) is 5.07. The van der Waals surface area contributed by atoms with Gasteiger partial charge in [0.05, 0.1) is 5.56 Å². The van der Waals surface area contributed by atoms with Crippen LogP contribution in [0.25, 0.3) is 0 Å². The summed E-state index contributed by atoms with van der Waals surface area (Å²) >= 11 is 0. The first-order chi connectivity index (χ1) is 8.58. The third-order valence-electron chi connectivity index (χ3n) is 3.53. The predicted octanol–water partition coefficient (Wildman–Crippen LogP) is 2.67. The zero-order chi connectivity index (χ0) is 13.1. The number of amides is 1. The van der Waals surface area contributed by atoms with Crippen molar-refractivity contribution in [2.24, 2.45) is 5.92 Å². The molecule has 1 saturated heterocycles. The lowest BCUT2D eigenvalue weighted by Crippen LogP contribution is -2.32. The topological polar surface area (TPSA) is 46.3 Å². The van der Waals surface area contributed by atoms with Crippen molar-refractivity contribution in [2.45, 2.75) is 26.2 Å². The molecular formula is C14H19FN2O. The smallest absolute Gasteiger partial charge is 0.256 e. The monoisotopic (exact) mass is 250 g/mol. The van der Waals surface area contributed by atoms with Crippen LogP contribution in [-0.2, 0) is 0 Å². The van der Waals surface area contributed by atoms with Gasteiger partial charge in [-0.25, -0.2) is 4.39 Å². The van der Waals surface area contributed by atoms with Crippen molar-refractivity contribution in [1.29, 1.82) is 0 Å². The maximum Gasteiger partial charge on any atom is 0.256 e. The molecule has 0 bridgehead atoms. The summed E-state index contributed by atoms with van der Waals surface area (Å²) in [5.41, 5.74) is 5.95.